The number of benzene rings is 2. The summed E-state index contributed by atoms with van der Waals surface area (Å²) in [6, 6.07) is 17.4. The number of carbonyl (C=O) groups excluding carboxylic acids is 1. The van der Waals surface area contributed by atoms with Crippen molar-refractivity contribution in [1.29, 1.82) is 0 Å². The second-order valence-corrected chi connectivity index (χ2v) is 10.7. The monoisotopic (exact) mass is 542 g/mol. The zero-order valence-electron chi connectivity index (χ0n) is 22.6. The van der Waals surface area contributed by atoms with E-state index in [2.05, 4.69) is 116 Å². The summed E-state index contributed by atoms with van der Waals surface area (Å²) in [5, 5.41) is 0. The Morgan fingerprint density at radius 3 is 2.30 bits per heavy atom. The number of hydrogen-bond acceptors (Lipinski definition) is 3. The van der Waals surface area contributed by atoms with Crippen molar-refractivity contribution in [3.05, 3.63) is 83.6 Å². The van der Waals surface area contributed by atoms with Crippen molar-refractivity contribution < 1.29 is 21.8 Å². The van der Waals surface area contributed by atoms with Gasteiger partial charge in [-0.25, -0.2) is 5.84 Å². The number of nitrogens with zero attached hydrogens (tertiary/aromatic N) is 2. The third-order valence-electron chi connectivity index (χ3n) is 7.69. The average molecular weight is 544 g/mol. The second-order valence-electron chi connectivity index (χ2n) is 10.7. The maximum atomic E-state index is 11.4. The van der Waals surface area contributed by atoms with Crippen LogP contribution in [-0.4, -0.2) is 29.8 Å². The molecule has 7 heteroatoms. The van der Waals surface area contributed by atoms with Gasteiger partial charge >= 0.3 is 0 Å². The maximum absolute atomic E-state index is 11.4. The predicted octanol–water partition coefficient (Wildman–Crippen LogP) is 2.91. The quantitative estimate of drug-likeness (QED) is 0.177. The first-order valence-corrected chi connectivity index (χ1v) is 12.7. The minimum Gasteiger partial charge on any atom is -1.00 e. The third-order valence-corrected chi connectivity index (χ3v) is 7.69. The van der Waals surface area contributed by atoms with Crippen molar-refractivity contribution in [3.63, 3.8) is 0 Å². The Kier molecular flexibility index (Phi) is 10.2. The van der Waals surface area contributed by atoms with E-state index in [1.165, 1.54) is 33.9 Å². The lowest BCUT2D eigenvalue weighted by Gasteiger charge is -2.27. The van der Waals surface area contributed by atoms with E-state index in [0.717, 1.165) is 25.8 Å². The van der Waals surface area contributed by atoms with Crippen LogP contribution in [0.3, 0.4) is 0 Å². The molecule has 2 aliphatic rings. The molecular formula is C30H40Cl2N4O. The SMILES string of the molecule is C[N+]1=C(C=CC=C2N(CCCCCC(=O)NN)c3ccccc3C2(C)C)C(C)(C)c2ccccc21.Cl.[Cl-]. The number of unbranched alkanes of at least 4 members (excludes halogenated alkanes) is 2. The van der Waals surface area contributed by atoms with Gasteiger partial charge in [0.25, 0.3) is 0 Å². The largest absolute Gasteiger partial charge is 1.00 e. The summed E-state index contributed by atoms with van der Waals surface area (Å²) in [5.41, 5.74) is 10.0. The molecule has 2 aromatic rings. The Morgan fingerprint density at radius 2 is 1.62 bits per heavy atom. The van der Waals surface area contributed by atoms with Crippen LogP contribution >= 0.6 is 12.4 Å². The molecule has 0 aliphatic carbocycles. The van der Waals surface area contributed by atoms with Gasteiger partial charge in [0, 0.05) is 47.5 Å². The molecule has 0 saturated heterocycles. The van der Waals surface area contributed by atoms with Crippen LogP contribution in [0.25, 0.3) is 0 Å². The normalized spacial score (nSPS) is 17.9. The number of fused-ring (bicyclic) bond motifs is 2. The van der Waals surface area contributed by atoms with Crippen molar-refractivity contribution in [2.75, 3.05) is 18.5 Å². The lowest BCUT2D eigenvalue weighted by Crippen LogP contribution is -3.00. The molecule has 5 nitrogen and oxygen atoms in total. The molecule has 0 saturated carbocycles. The second kappa shape index (κ2) is 12.3. The number of amides is 1. The first kappa shape index (κ1) is 30.6. The average Bonchev–Trinajstić information content (AvgIpc) is 3.18. The van der Waals surface area contributed by atoms with Crippen molar-refractivity contribution in [3.8, 4) is 0 Å². The van der Waals surface area contributed by atoms with E-state index in [-0.39, 0.29) is 41.6 Å². The van der Waals surface area contributed by atoms with E-state index >= 15 is 0 Å². The molecule has 1 amide bonds. The molecular weight excluding hydrogens is 503 g/mol. The summed E-state index contributed by atoms with van der Waals surface area (Å²) in [4.78, 5) is 13.9. The summed E-state index contributed by atoms with van der Waals surface area (Å²) in [6.45, 7) is 10.2. The van der Waals surface area contributed by atoms with Gasteiger partial charge in [-0.15, -0.1) is 12.4 Å². The number of hydrazine groups is 1. The molecule has 3 N–H and O–H groups in total. The van der Waals surface area contributed by atoms with Gasteiger partial charge in [0.15, 0.2) is 5.71 Å². The highest BCUT2D eigenvalue weighted by Gasteiger charge is 2.43. The highest BCUT2D eigenvalue weighted by molar-refractivity contribution is 6.03. The predicted molar refractivity (Wildman–Crippen MR) is 152 cm³/mol. The standard InChI is InChI=1S/C30H38N4O.2ClH/c1-29(2)22-14-8-10-16-24(22)33(5)26(29)18-13-19-27-30(3,4)23-15-9-11-17-25(23)34(27)21-12-6-7-20-28(35)32-31;;/h8-11,13-19H,6-7,12,20-21,31H2,1-5H3;2*1H. The fourth-order valence-electron chi connectivity index (χ4n) is 5.72. The fourth-order valence-corrected chi connectivity index (χ4v) is 5.72. The number of rotatable bonds is 8. The zero-order valence-corrected chi connectivity index (χ0v) is 24.1. The van der Waals surface area contributed by atoms with Crippen LogP contribution in [0.2, 0.25) is 0 Å². The Morgan fingerprint density at radius 1 is 0.973 bits per heavy atom. The number of para-hydroxylation sites is 2. The summed E-state index contributed by atoms with van der Waals surface area (Å²) >= 11 is 0. The van der Waals surface area contributed by atoms with Gasteiger partial charge in [0.05, 0.1) is 5.41 Å². The first-order valence-electron chi connectivity index (χ1n) is 12.7. The highest BCUT2D eigenvalue weighted by Crippen LogP contribution is 2.47. The summed E-state index contributed by atoms with van der Waals surface area (Å²) in [7, 11) is 2.16. The molecule has 0 unspecified atom stereocenters. The van der Waals surface area contributed by atoms with Gasteiger partial charge in [-0.1, -0.05) is 62.7 Å². The number of halogens is 2. The van der Waals surface area contributed by atoms with Crippen LogP contribution < -0.4 is 28.6 Å². The molecule has 2 aliphatic heterocycles. The molecule has 0 fully saturated rings. The number of anilines is 1. The Hall–Kier alpha value is -2.60. The molecule has 2 aromatic carbocycles. The van der Waals surface area contributed by atoms with Crippen LogP contribution in [-0.2, 0) is 15.6 Å². The number of allylic oxidation sites excluding steroid dienone is 4. The van der Waals surface area contributed by atoms with Crippen LogP contribution in [0.1, 0.15) is 64.5 Å². The van der Waals surface area contributed by atoms with Gasteiger partial charge < -0.3 is 17.3 Å². The van der Waals surface area contributed by atoms with Crippen LogP contribution in [0.5, 0.6) is 0 Å². The van der Waals surface area contributed by atoms with Crippen LogP contribution in [0.15, 0.2) is 72.5 Å². The molecule has 37 heavy (non-hydrogen) atoms. The van der Waals surface area contributed by atoms with Crippen LogP contribution in [0, 0.1) is 0 Å². The summed E-state index contributed by atoms with van der Waals surface area (Å²) in [5.74, 6) is 5.11. The van der Waals surface area contributed by atoms with Gasteiger partial charge in [-0.3, -0.25) is 10.2 Å². The first-order chi connectivity index (χ1) is 16.7. The van der Waals surface area contributed by atoms with Crippen molar-refractivity contribution in [1.82, 2.24) is 5.43 Å². The molecule has 0 spiro atoms. The smallest absolute Gasteiger partial charge is 0.233 e. The van der Waals surface area contributed by atoms with Gasteiger partial charge in [-0.05, 0) is 44.4 Å². The lowest BCUT2D eigenvalue weighted by molar-refractivity contribution is -0.401. The maximum Gasteiger partial charge on any atom is 0.233 e. The zero-order chi connectivity index (χ0) is 25.2. The topological polar surface area (TPSA) is 61.4 Å². The minimum absolute atomic E-state index is 0. The molecule has 2 heterocycles. The third kappa shape index (κ3) is 5.79. The van der Waals surface area contributed by atoms with E-state index < -0.39 is 0 Å². The summed E-state index contributed by atoms with van der Waals surface area (Å²) in [6.07, 6.45) is 10.1. The molecule has 0 bridgehead atoms. The van der Waals surface area contributed by atoms with E-state index in [9.17, 15) is 4.79 Å². The van der Waals surface area contributed by atoms with E-state index in [0.29, 0.717) is 6.42 Å². The van der Waals surface area contributed by atoms with Gasteiger partial charge in [0.1, 0.15) is 7.05 Å². The Labute approximate surface area is 234 Å². The van der Waals surface area contributed by atoms with Crippen molar-refractivity contribution in [2.24, 2.45) is 5.84 Å². The lowest BCUT2D eigenvalue weighted by atomic mass is 9.81. The molecule has 4 rings (SSSR count). The van der Waals surface area contributed by atoms with E-state index in [4.69, 9.17) is 5.84 Å². The fraction of sp³-hybridized carbons (Fsp3) is 0.400. The number of nitrogens with one attached hydrogen (secondary N) is 1. The minimum atomic E-state index is -0.0946. The molecule has 0 aromatic heterocycles. The Bertz CT molecular complexity index is 1210. The molecule has 200 valence electrons. The van der Waals surface area contributed by atoms with Crippen molar-refractivity contribution in [2.45, 2.75) is 64.2 Å². The molecule has 0 atom stereocenters. The van der Waals surface area contributed by atoms with E-state index in [1.807, 2.05) is 0 Å². The van der Waals surface area contributed by atoms with E-state index in [1.54, 1.807) is 0 Å². The number of nitrogens with two attached hydrogens (primary N) is 1. The molecule has 0 radical (unpaired) electrons. The number of carbonyl (C=O) groups is 1. The van der Waals surface area contributed by atoms with Gasteiger partial charge in [-0.2, -0.15) is 4.58 Å². The van der Waals surface area contributed by atoms with Crippen molar-refractivity contribution >= 4 is 35.4 Å². The highest BCUT2D eigenvalue weighted by atomic mass is 35.5. The number of hydrogen-bond donors (Lipinski definition) is 2. The van der Waals surface area contributed by atoms with Crippen LogP contribution in [0.4, 0.5) is 11.4 Å². The Balaban J connectivity index is 0.00000241. The van der Waals surface area contributed by atoms with Gasteiger partial charge in [0.2, 0.25) is 11.6 Å². The summed E-state index contributed by atoms with van der Waals surface area (Å²) < 4.78 is 2.31.